The molecule has 0 atom stereocenters. The quantitative estimate of drug-likeness (QED) is 0.806. The molecule has 19 heavy (non-hydrogen) atoms. The highest BCUT2D eigenvalue weighted by molar-refractivity contribution is 5.29. The first kappa shape index (κ1) is 13.4. The summed E-state index contributed by atoms with van der Waals surface area (Å²) in [5.41, 5.74) is 1.74. The van der Waals surface area contributed by atoms with Gasteiger partial charge in [-0.2, -0.15) is 0 Å². The van der Waals surface area contributed by atoms with Crippen molar-refractivity contribution in [3.8, 4) is 11.6 Å². The van der Waals surface area contributed by atoms with E-state index in [-0.39, 0.29) is 0 Å². The second kappa shape index (κ2) is 6.80. The van der Waals surface area contributed by atoms with Crippen LogP contribution in [-0.2, 0) is 6.54 Å². The minimum Gasteiger partial charge on any atom is -0.436 e. The van der Waals surface area contributed by atoms with Gasteiger partial charge >= 0.3 is 0 Å². The molecular weight excluding hydrogens is 240 g/mol. The van der Waals surface area contributed by atoms with Gasteiger partial charge in [-0.25, -0.2) is 4.98 Å². The molecule has 2 rings (SSSR count). The molecule has 2 aromatic heterocycles. The van der Waals surface area contributed by atoms with Gasteiger partial charge in [-0.05, 0) is 32.0 Å². The summed E-state index contributed by atoms with van der Waals surface area (Å²) in [6, 6.07) is 3.69. The Morgan fingerprint density at radius 2 is 2.11 bits per heavy atom. The third kappa shape index (κ3) is 3.99. The van der Waals surface area contributed by atoms with Crippen molar-refractivity contribution in [2.75, 3.05) is 6.54 Å². The largest absolute Gasteiger partial charge is 0.436 e. The molecule has 2 heterocycles. The van der Waals surface area contributed by atoms with Crippen LogP contribution in [0.2, 0.25) is 0 Å². The molecule has 100 valence electrons. The number of aryl methyl sites for hydroxylation is 1. The van der Waals surface area contributed by atoms with Crippen LogP contribution < -0.4 is 10.1 Å². The monoisotopic (exact) mass is 258 g/mol. The number of nitrogens with zero attached hydrogens (tertiary/aromatic N) is 3. The highest BCUT2D eigenvalue weighted by Crippen LogP contribution is 2.20. The highest BCUT2D eigenvalue weighted by Gasteiger charge is 2.03. The third-order valence-electron chi connectivity index (χ3n) is 2.59. The Labute approximate surface area is 113 Å². The molecule has 0 aliphatic heterocycles. The van der Waals surface area contributed by atoms with Crippen molar-refractivity contribution in [2.45, 2.75) is 26.8 Å². The molecule has 0 bridgehead atoms. The Kier molecular flexibility index (Phi) is 4.80. The van der Waals surface area contributed by atoms with E-state index >= 15 is 0 Å². The molecule has 0 saturated heterocycles. The number of aromatic nitrogens is 3. The second-order valence-corrected chi connectivity index (χ2v) is 4.21. The molecule has 0 unspecified atom stereocenters. The molecule has 0 aromatic carbocycles. The number of nitrogens with one attached hydrogen (secondary N) is 1. The van der Waals surface area contributed by atoms with E-state index < -0.39 is 0 Å². The first-order chi connectivity index (χ1) is 9.29. The summed E-state index contributed by atoms with van der Waals surface area (Å²) in [7, 11) is 0. The molecule has 0 aliphatic carbocycles. The first-order valence-electron chi connectivity index (χ1n) is 6.40. The van der Waals surface area contributed by atoms with E-state index in [1.54, 1.807) is 18.6 Å². The molecule has 2 aromatic rings. The average Bonchev–Trinajstić information content (AvgIpc) is 2.44. The van der Waals surface area contributed by atoms with Crippen LogP contribution in [0.3, 0.4) is 0 Å². The average molecular weight is 258 g/mol. The lowest BCUT2D eigenvalue weighted by atomic mass is 10.3. The highest BCUT2D eigenvalue weighted by atomic mass is 16.5. The van der Waals surface area contributed by atoms with E-state index in [0.717, 1.165) is 30.9 Å². The maximum absolute atomic E-state index is 5.63. The zero-order chi connectivity index (χ0) is 13.5. The Morgan fingerprint density at radius 3 is 2.79 bits per heavy atom. The second-order valence-electron chi connectivity index (χ2n) is 4.21. The zero-order valence-corrected chi connectivity index (χ0v) is 11.3. The number of ether oxygens (including phenoxy) is 1. The lowest BCUT2D eigenvalue weighted by Gasteiger charge is -2.07. The van der Waals surface area contributed by atoms with Gasteiger partial charge in [0.25, 0.3) is 0 Å². The van der Waals surface area contributed by atoms with Gasteiger partial charge in [0.1, 0.15) is 0 Å². The van der Waals surface area contributed by atoms with Crippen molar-refractivity contribution in [1.82, 2.24) is 20.3 Å². The predicted octanol–water partition coefficient (Wildman–Crippen LogP) is 2.47. The van der Waals surface area contributed by atoms with Gasteiger partial charge in [0, 0.05) is 12.7 Å². The Balaban J connectivity index is 1.97. The summed E-state index contributed by atoms with van der Waals surface area (Å²) in [6.07, 6.45) is 6.20. The summed E-state index contributed by atoms with van der Waals surface area (Å²) in [5.74, 6) is 1.18. The van der Waals surface area contributed by atoms with Gasteiger partial charge < -0.3 is 10.1 Å². The van der Waals surface area contributed by atoms with E-state index in [2.05, 4.69) is 27.2 Å². The molecule has 1 N–H and O–H groups in total. The maximum atomic E-state index is 5.63. The molecule has 0 amide bonds. The van der Waals surface area contributed by atoms with Crippen LogP contribution in [0.4, 0.5) is 0 Å². The van der Waals surface area contributed by atoms with Crippen LogP contribution in [0.25, 0.3) is 0 Å². The van der Waals surface area contributed by atoms with Crippen LogP contribution >= 0.6 is 0 Å². The molecule has 0 radical (unpaired) electrons. The smallest absolute Gasteiger partial charge is 0.237 e. The molecule has 5 nitrogen and oxygen atoms in total. The lowest BCUT2D eigenvalue weighted by molar-refractivity contribution is 0.452. The summed E-state index contributed by atoms with van der Waals surface area (Å²) < 4.78 is 5.63. The number of hydrogen-bond acceptors (Lipinski definition) is 5. The Hall–Kier alpha value is -2.01. The maximum Gasteiger partial charge on any atom is 0.237 e. The fraction of sp³-hybridized carbons (Fsp3) is 0.357. The van der Waals surface area contributed by atoms with Crippen molar-refractivity contribution >= 4 is 0 Å². The SMILES string of the molecule is CCCNCc1cnc(Oc2cccnc2C)cn1. The van der Waals surface area contributed by atoms with E-state index in [9.17, 15) is 0 Å². The number of rotatable bonds is 6. The van der Waals surface area contributed by atoms with Gasteiger partial charge in [-0.3, -0.25) is 9.97 Å². The zero-order valence-electron chi connectivity index (χ0n) is 11.3. The summed E-state index contributed by atoms with van der Waals surface area (Å²) in [4.78, 5) is 12.7. The third-order valence-corrected chi connectivity index (χ3v) is 2.59. The van der Waals surface area contributed by atoms with Crippen molar-refractivity contribution in [2.24, 2.45) is 0 Å². The van der Waals surface area contributed by atoms with E-state index in [1.165, 1.54) is 0 Å². The van der Waals surface area contributed by atoms with Crippen molar-refractivity contribution in [1.29, 1.82) is 0 Å². The van der Waals surface area contributed by atoms with Gasteiger partial charge in [-0.1, -0.05) is 6.92 Å². The normalized spacial score (nSPS) is 10.4. The van der Waals surface area contributed by atoms with E-state index in [4.69, 9.17) is 4.74 Å². The molecule has 0 fully saturated rings. The van der Waals surface area contributed by atoms with Crippen LogP contribution in [0, 0.1) is 6.92 Å². The lowest BCUT2D eigenvalue weighted by Crippen LogP contribution is -2.14. The summed E-state index contributed by atoms with van der Waals surface area (Å²) >= 11 is 0. The van der Waals surface area contributed by atoms with Crippen LogP contribution in [0.5, 0.6) is 11.6 Å². The minimum atomic E-state index is 0.482. The summed E-state index contributed by atoms with van der Waals surface area (Å²) in [6.45, 7) is 5.74. The predicted molar refractivity (Wildman–Crippen MR) is 73.1 cm³/mol. The molecule has 5 heteroatoms. The topological polar surface area (TPSA) is 59.9 Å². The van der Waals surface area contributed by atoms with Gasteiger partial charge in [0.2, 0.25) is 5.88 Å². The molecule has 0 saturated carbocycles. The van der Waals surface area contributed by atoms with E-state index in [1.807, 2.05) is 19.1 Å². The first-order valence-corrected chi connectivity index (χ1v) is 6.40. The van der Waals surface area contributed by atoms with Gasteiger partial charge in [0.05, 0.1) is 23.8 Å². The summed E-state index contributed by atoms with van der Waals surface area (Å²) in [5, 5.41) is 3.28. The van der Waals surface area contributed by atoms with Crippen molar-refractivity contribution in [3.05, 3.63) is 42.1 Å². The minimum absolute atomic E-state index is 0.482. The Bertz CT molecular complexity index is 513. The van der Waals surface area contributed by atoms with Crippen LogP contribution in [-0.4, -0.2) is 21.5 Å². The van der Waals surface area contributed by atoms with E-state index in [0.29, 0.717) is 11.6 Å². The van der Waals surface area contributed by atoms with Crippen molar-refractivity contribution < 1.29 is 4.74 Å². The number of hydrogen-bond donors (Lipinski definition) is 1. The molecular formula is C14H18N4O. The number of pyridine rings is 1. The van der Waals surface area contributed by atoms with Gasteiger partial charge in [-0.15, -0.1) is 0 Å². The van der Waals surface area contributed by atoms with Crippen molar-refractivity contribution in [3.63, 3.8) is 0 Å². The molecule has 0 spiro atoms. The fourth-order valence-electron chi connectivity index (χ4n) is 1.57. The molecule has 0 aliphatic rings. The van der Waals surface area contributed by atoms with Crippen LogP contribution in [0.1, 0.15) is 24.7 Å². The fourth-order valence-corrected chi connectivity index (χ4v) is 1.57. The van der Waals surface area contributed by atoms with Crippen LogP contribution in [0.15, 0.2) is 30.7 Å². The van der Waals surface area contributed by atoms with Gasteiger partial charge in [0.15, 0.2) is 5.75 Å². The standard InChI is InChI=1S/C14H18N4O/c1-3-6-15-8-12-9-18-14(10-17-12)19-13-5-4-7-16-11(13)2/h4-5,7,9-10,15H,3,6,8H2,1-2H3. The Morgan fingerprint density at radius 1 is 1.21 bits per heavy atom.